The normalized spacial score (nSPS) is 10.1. The average Bonchev–Trinajstić information content (AvgIpc) is 2.64. The maximum absolute atomic E-state index is 11.7. The van der Waals surface area contributed by atoms with Gasteiger partial charge in [-0.1, -0.05) is 48.0 Å². The molecule has 0 aliphatic carbocycles. The highest BCUT2D eigenvalue weighted by Crippen LogP contribution is 2.14. The van der Waals surface area contributed by atoms with Crippen LogP contribution in [0.4, 0.5) is 0 Å². The Labute approximate surface area is 151 Å². The van der Waals surface area contributed by atoms with Crippen LogP contribution in [0.25, 0.3) is 0 Å². The van der Waals surface area contributed by atoms with Gasteiger partial charge < -0.3 is 14.8 Å². The van der Waals surface area contributed by atoms with E-state index in [4.69, 9.17) is 21.1 Å². The molecule has 0 spiro atoms. The zero-order chi connectivity index (χ0) is 17.9. The molecule has 0 saturated heterocycles. The van der Waals surface area contributed by atoms with Crippen LogP contribution < -0.4 is 10.1 Å². The molecule has 0 fully saturated rings. The smallest absolute Gasteiger partial charge is 0.306 e. The van der Waals surface area contributed by atoms with Crippen LogP contribution in [0.5, 0.6) is 5.75 Å². The maximum atomic E-state index is 11.7. The lowest BCUT2D eigenvalue weighted by Crippen LogP contribution is -2.28. The second-order valence-corrected chi connectivity index (χ2v) is 5.70. The minimum absolute atomic E-state index is 0.199. The molecule has 1 amide bonds. The molecule has 0 aliphatic rings. The van der Waals surface area contributed by atoms with Gasteiger partial charge in [-0.15, -0.1) is 0 Å². The third-order valence-corrected chi connectivity index (χ3v) is 3.70. The Kier molecular flexibility index (Phi) is 7.79. The van der Waals surface area contributed by atoms with Crippen molar-refractivity contribution in [2.45, 2.75) is 19.4 Å². The van der Waals surface area contributed by atoms with Crippen LogP contribution in [0.2, 0.25) is 5.02 Å². The Bertz CT molecular complexity index is 691. The van der Waals surface area contributed by atoms with Gasteiger partial charge in [-0.2, -0.15) is 0 Å². The fourth-order valence-corrected chi connectivity index (χ4v) is 2.23. The second kappa shape index (κ2) is 10.4. The van der Waals surface area contributed by atoms with Crippen LogP contribution in [0.15, 0.2) is 54.6 Å². The molecule has 0 aliphatic heterocycles. The Morgan fingerprint density at radius 1 is 1.00 bits per heavy atom. The Morgan fingerprint density at radius 3 is 2.48 bits per heavy atom. The molecule has 0 radical (unpaired) electrons. The predicted molar refractivity (Wildman–Crippen MR) is 95.4 cm³/mol. The zero-order valence-corrected chi connectivity index (χ0v) is 14.5. The summed E-state index contributed by atoms with van der Waals surface area (Å²) in [5, 5.41) is 3.24. The van der Waals surface area contributed by atoms with E-state index >= 15 is 0 Å². The lowest BCUT2D eigenvalue weighted by Gasteiger charge is -2.08. The lowest BCUT2D eigenvalue weighted by atomic mass is 10.2. The first kappa shape index (κ1) is 18.8. The first-order valence-electron chi connectivity index (χ1n) is 7.99. The van der Waals surface area contributed by atoms with E-state index in [1.165, 1.54) is 0 Å². The first-order valence-corrected chi connectivity index (χ1v) is 8.36. The van der Waals surface area contributed by atoms with Crippen LogP contribution in [-0.2, 0) is 20.9 Å². The number of esters is 1. The number of para-hydroxylation sites is 1. The van der Waals surface area contributed by atoms with E-state index in [0.717, 1.165) is 11.3 Å². The highest BCUT2D eigenvalue weighted by atomic mass is 35.5. The highest BCUT2D eigenvalue weighted by molar-refractivity contribution is 6.31. The molecule has 0 unspecified atom stereocenters. The molecule has 2 aromatic carbocycles. The number of halogens is 1. The molecule has 2 rings (SSSR count). The molecule has 0 atom stereocenters. The monoisotopic (exact) mass is 361 g/mol. The number of amides is 1. The van der Waals surface area contributed by atoms with E-state index in [1.807, 2.05) is 48.5 Å². The molecule has 6 heteroatoms. The minimum atomic E-state index is -0.426. The highest BCUT2D eigenvalue weighted by Gasteiger charge is 2.08. The van der Waals surface area contributed by atoms with Crippen LogP contribution in [0.1, 0.15) is 18.4 Å². The summed E-state index contributed by atoms with van der Waals surface area (Å²) in [5.41, 5.74) is 0.807. The molecular weight excluding hydrogens is 342 g/mol. The van der Waals surface area contributed by atoms with Crippen molar-refractivity contribution in [1.29, 1.82) is 0 Å². The van der Waals surface area contributed by atoms with Crippen molar-refractivity contribution in [3.8, 4) is 5.75 Å². The zero-order valence-electron chi connectivity index (χ0n) is 13.7. The predicted octanol–water partition coefficient (Wildman–Crippen LogP) is 3.36. The molecule has 0 aromatic heterocycles. The van der Waals surface area contributed by atoms with Gasteiger partial charge in [0.1, 0.15) is 5.75 Å². The van der Waals surface area contributed by atoms with Gasteiger partial charge in [-0.25, -0.2) is 0 Å². The number of hydrogen-bond acceptors (Lipinski definition) is 4. The number of rotatable bonds is 9. The molecule has 25 heavy (non-hydrogen) atoms. The van der Waals surface area contributed by atoms with Gasteiger partial charge in [0.2, 0.25) is 0 Å². The van der Waals surface area contributed by atoms with Gasteiger partial charge in [0, 0.05) is 18.0 Å². The summed E-state index contributed by atoms with van der Waals surface area (Å²) in [7, 11) is 0. The van der Waals surface area contributed by atoms with Crippen molar-refractivity contribution in [3.05, 3.63) is 65.2 Å². The summed E-state index contributed by atoms with van der Waals surface area (Å²) in [4.78, 5) is 23.3. The standard InChI is InChI=1S/C19H20ClNO4/c20-17-10-5-4-7-15(17)13-21-18(22)14-25-19(23)11-6-12-24-16-8-2-1-3-9-16/h1-5,7-10H,6,11-14H2,(H,21,22). The number of benzene rings is 2. The van der Waals surface area contributed by atoms with Crippen LogP contribution in [0.3, 0.4) is 0 Å². The third kappa shape index (κ3) is 7.27. The molecule has 132 valence electrons. The summed E-state index contributed by atoms with van der Waals surface area (Å²) in [6.45, 7) is 0.404. The van der Waals surface area contributed by atoms with Gasteiger partial charge in [-0.3, -0.25) is 9.59 Å². The third-order valence-electron chi connectivity index (χ3n) is 3.34. The number of nitrogens with one attached hydrogen (secondary N) is 1. The molecule has 0 heterocycles. The fraction of sp³-hybridized carbons (Fsp3) is 0.263. The van der Waals surface area contributed by atoms with Gasteiger partial charge in [0.05, 0.1) is 6.61 Å². The summed E-state index contributed by atoms with van der Waals surface area (Å²) >= 11 is 6.00. The van der Waals surface area contributed by atoms with Crippen molar-refractivity contribution < 1.29 is 19.1 Å². The van der Waals surface area contributed by atoms with Crippen LogP contribution in [0, 0.1) is 0 Å². The van der Waals surface area contributed by atoms with Crippen molar-refractivity contribution >= 4 is 23.5 Å². The van der Waals surface area contributed by atoms with E-state index in [-0.39, 0.29) is 18.9 Å². The Hall–Kier alpha value is -2.53. The summed E-state index contributed by atoms with van der Waals surface area (Å²) < 4.78 is 10.4. The number of hydrogen-bond donors (Lipinski definition) is 1. The second-order valence-electron chi connectivity index (χ2n) is 5.29. The van der Waals surface area contributed by atoms with Crippen molar-refractivity contribution in [2.24, 2.45) is 0 Å². The maximum Gasteiger partial charge on any atom is 0.306 e. The molecular formula is C19H20ClNO4. The number of ether oxygens (including phenoxy) is 2. The average molecular weight is 362 g/mol. The quantitative estimate of drug-likeness (QED) is 0.549. The summed E-state index contributed by atoms with van der Waals surface area (Å²) in [5.74, 6) is -0.0341. The van der Waals surface area contributed by atoms with E-state index < -0.39 is 5.97 Å². The van der Waals surface area contributed by atoms with E-state index in [9.17, 15) is 9.59 Å². The lowest BCUT2D eigenvalue weighted by molar-refractivity contribution is -0.148. The van der Waals surface area contributed by atoms with E-state index in [0.29, 0.717) is 24.6 Å². The SMILES string of the molecule is O=C(COC(=O)CCCOc1ccccc1)NCc1ccccc1Cl. The van der Waals surface area contributed by atoms with Crippen molar-refractivity contribution in [1.82, 2.24) is 5.32 Å². The molecule has 5 nitrogen and oxygen atoms in total. The van der Waals surface area contributed by atoms with E-state index in [2.05, 4.69) is 5.32 Å². The molecule has 1 N–H and O–H groups in total. The fourth-order valence-electron chi connectivity index (χ4n) is 2.03. The minimum Gasteiger partial charge on any atom is -0.494 e. The van der Waals surface area contributed by atoms with Gasteiger partial charge in [-0.05, 0) is 30.2 Å². The van der Waals surface area contributed by atoms with Crippen molar-refractivity contribution in [2.75, 3.05) is 13.2 Å². The Morgan fingerprint density at radius 2 is 1.72 bits per heavy atom. The first-order chi connectivity index (χ1) is 12.1. The van der Waals surface area contributed by atoms with Gasteiger partial charge in [0.25, 0.3) is 5.91 Å². The number of carbonyl (C=O) groups is 2. The van der Waals surface area contributed by atoms with Gasteiger partial charge >= 0.3 is 5.97 Å². The largest absolute Gasteiger partial charge is 0.494 e. The molecule has 0 saturated carbocycles. The van der Waals surface area contributed by atoms with Crippen LogP contribution >= 0.6 is 11.6 Å². The van der Waals surface area contributed by atoms with Crippen molar-refractivity contribution in [3.63, 3.8) is 0 Å². The molecule has 2 aromatic rings. The van der Waals surface area contributed by atoms with Gasteiger partial charge in [0.15, 0.2) is 6.61 Å². The van der Waals surface area contributed by atoms with Crippen LogP contribution in [-0.4, -0.2) is 25.1 Å². The molecule has 0 bridgehead atoms. The van der Waals surface area contributed by atoms with E-state index in [1.54, 1.807) is 6.07 Å². The topological polar surface area (TPSA) is 64.6 Å². The number of carbonyl (C=O) groups excluding carboxylic acids is 2. The summed E-state index contributed by atoms with van der Waals surface area (Å²) in [6, 6.07) is 16.6. The summed E-state index contributed by atoms with van der Waals surface area (Å²) in [6.07, 6.45) is 0.722. The Balaban J connectivity index is 1.56.